The number of nitrogens with zero attached hydrogens (tertiary/aromatic N) is 3. The average Bonchev–Trinajstić information content (AvgIpc) is 3.03. The Balaban J connectivity index is 1.59. The van der Waals surface area contributed by atoms with E-state index in [1.807, 2.05) is 84.1 Å². The number of urea groups is 1. The van der Waals surface area contributed by atoms with Crippen molar-refractivity contribution >= 4 is 11.7 Å². The molecule has 1 saturated heterocycles. The third-order valence-electron chi connectivity index (χ3n) is 5.10. The Morgan fingerprint density at radius 3 is 2.46 bits per heavy atom. The van der Waals surface area contributed by atoms with Crippen molar-refractivity contribution in [2.24, 2.45) is 0 Å². The van der Waals surface area contributed by atoms with Crippen LogP contribution in [0, 0.1) is 13.8 Å². The zero-order valence-electron chi connectivity index (χ0n) is 16.1. The summed E-state index contributed by atoms with van der Waals surface area (Å²) in [6, 6.07) is 19.7. The third kappa shape index (κ3) is 3.51. The highest BCUT2D eigenvalue weighted by Gasteiger charge is 2.29. The van der Waals surface area contributed by atoms with Crippen LogP contribution in [-0.2, 0) is 4.74 Å². The summed E-state index contributed by atoms with van der Waals surface area (Å²) in [4.78, 5) is 15.0. The van der Waals surface area contributed by atoms with Gasteiger partial charge in [0, 0.05) is 6.54 Å². The van der Waals surface area contributed by atoms with Crippen LogP contribution in [0.4, 0.5) is 10.5 Å². The van der Waals surface area contributed by atoms with Crippen LogP contribution < -0.4 is 5.32 Å². The second-order valence-corrected chi connectivity index (χ2v) is 6.92. The van der Waals surface area contributed by atoms with Crippen LogP contribution in [0.2, 0.25) is 0 Å². The molecule has 6 nitrogen and oxygen atoms in total. The standard InChI is InChI=1S/C22H24N4O2/c1-16-21(17(2)26(24-16)19-11-7-4-8-12-19)23-22(27)25-13-14-28-15-20(25)18-9-5-3-6-10-18/h3-12,20H,13-15H2,1-2H3,(H,23,27)/t20-/m0/s1. The molecule has 4 rings (SSSR count). The second-order valence-electron chi connectivity index (χ2n) is 6.92. The number of carbonyl (C=O) groups excluding carboxylic acids is 1. The molecule has 1 N–H and O–H groups in total. The number of carbonyl (C=O) groups is 1. The van der Waals surface area contributed by atoms with E-state index in [0.29, 0.717) is 19.8 Å². The summed E-state index contributed by atoms with van der Waals surface area (Å²) < 4.78 is 7.50. The lowest BCUT2D eigenvalue weighted by molar-refractivity contribution is 0.0147. The van der Waals surface area contributed by atoms with Crippen LogP contribution in [0.5, 0.6) is 0 Å². The van der Waals surface area contributed by atoms with E-state index < -0.39 is 0 Å². The van der Waals surface area contributed by atoms with Crippen LogP contribution in [0.25, 0.3) is 5.69 Å². The summed E-state index contributed by atoms with van der Waals surface area (Å²) in [5, 5.41) is 7.70. The van der Waals surface area contributed by atoms with E-state index in [-0.39, 0.29) is 12.1 Å². The Morgan fingerprint density at radius 2 is 1.75 bits per heavy atom. The highest BCUT2D eigenvalue weighted by Crippen LogP contribution is 2.27. The fourth-order valence-electron chi connectivity index (χ4n) is 3.62. The summed E-state index contributed by atoms with van der Waals surface area (Å²) in [6.45, 7) is 5.47. The molecule has 1 aliphatic rings. The molecule has 0 radical (unpaired) electrons. The topological polar surface area (TPSA) is 59.4 Å². The number of para-hydroxylation sites is 1. The normalized spacial score (nSPS) is 16.8. The van der Waals surface area contributed by atoms with Gasteiger partial charge in [0.2, 0.25) is 0 Å². The Labute approximate surface area is 164 Å². The maximum atomic E-state index is 13.1. The van der Waals surface area contributed by atoms with Gasteiger partial charge in [0.1, 0.15) is 0 Å². The molecule has 28 heavy (non-hydrogen) atoms. The number of nitrogens with one attached hydrogen (secondary N) is 1. The molecule has 0 saturated carbocycles. The molecule has 3 aromatic rings. The Bertz CT molecular complexity index is 953. The van der Waals surface area contributed by atoms with Gasteiger partial charge in [-0.15, -0.1) is 0 Å². The van der Waals surface area contributed by atoms with Gasteiger partial charge in [-0.05, 0) is 31.5 Å². The molecule has 2 amide bonds. The molecule has 1 atom stereocenters. The lowest BCUT2D eigenvalue weighted by Crippen LogP contribution is -2.45. The number of benzene rings is 2. The fourth-order valence-corrected chi connectivity index (χ4v) is 3.62. The average molecular weight is 376 g/mol. The minimum atomic E-state index is -0.129. The number of amides is 2. The lowest BCUT2D eigenvalue weighted by Gasteiger charge is -2.35. The van der Waals surface area contributed by atoms with E-state index in [9.17, 15) is 4.79 Å². The van der Waals surface area contributed by atoms with Crippen molar-refractivity contribution in [2.75, 3.05) is 25.1 Å². The molecule has 1 aliphatic heterocycles. The number of morpholine rings is 1. The Kier molecular flexibility index (Phi) is 5.12. The van der Waals surface area contributed by atoms with Gasteiger partial charge in [0.05, 0.1) is 42.0 Å². The Hall–Kier alpha value is -3.12. The fraction of sp³-hybridized carbons (Fsp3) is 0.273. The van der Waals surface area contributed by atoms with Gasteiger partial charge < -0.3 is 15.0 Å². The van der Waals surface area contributed by atoms with Crippen LogP contribution >= 0.6 is 0 Å². The molecule has 144 valence electrons. The first-order chi connectivity index (χ1) is 13.6. The van der Waals surface area contributed by atoms with Crippen molar-refractivity contribution in [1.29, 1.82) is 0 Å². The van der Waals surface area contributed by atoms with Gasteiger partial charge in [-0.3, -0.25) is 0 Å². The van der Waals surface area contributed by atoms with Gasteiger partial charge in [0.15, 0.2) is 0 Å². The van der Waals surface area contributed by atoms with Crippen molar-refractivity contribution in [2.45, 2.75) is 19.9 Å². The zero-order chi connectivity index (χ0) is 19.5. The molecule has 2 heterocycles. The van der Waals surface area contributed by atoms with Crippen LogP contribution in [0.1, 0.15) is 23.0 Å². The van der Waals surface area contributed by atoms with Crippen molar-refractivity contribution in [3.05, 3.63) is 77.6 Å². The number of hydrogen-bond acceptors (Lipinski definition) is 3. The summed E-state index contributed by atoms with van der Waals surface area (Å²) >= 11 is 0. The molecular formula is C22H24N4O2. The van der Waals surface area contributed by atoms with E-state index in [1.54, 1.807) is 0 Å². The largest absolute Gasteiger partial charge is 0.377 e. The number of rotatable bonds is 3. The van der Waals surface area contributed by atoms with Crippen LogP contribution in [0.15, 0.2) is 60.7 Å². The lowest BCUT2D eigenvalue weighted by atomic mass is 10.1. The van der Waals surface area contributed by atoms with Gasteiger partial charge in [-0.1, -0.05) is 48.5 Å². The summed E-state index contributed by atoms with van der Waals surface area (Å²) in [6.07, 6.45) is 0. The molecule has 0 spiro atoms. The SMILES string of the molecule is Cc1nn(-c2ccccc2)c(C)c1NC(=O)N1CCOC[C@H]1c1ccccc1. The molecule has 0 unspecified atom stereocenters. The molecule has 0 bridgehead atoms. The minimum Gasteiger partial charge on any atom is -0.377 e. The number of aryl methyl sites for hydroxylation is 1. The van der Waals surface area contributed by atoms with E-state index in [0.717, 1.165) is 28.3 Å². The molecular weight excluding hydrogens is 352 g/mol. The first kappa shape index (κ1) is 18.3. The maximum absolute atomic E-state index is 13.1. The summed E-state index contributed by atoms with van der Waals surface area (Å²) in [5.74, 6) is 0. The number of aromatic nitrogens is 2. The predicted octanol–water partition coefficient (Wildman–Crippen LogP) is 4.09. The van der Waals surface area contributed by atoms with Crippen LogP contribution in [-0.4, -0.2) is 40.5 Å². The number of hydrogen-bond donors (Lipinski definition) is 1. The predicted molar refractivity (Wildman–Crippen MR) is 109 cm³/mol. The maximum Gasteiger partial charge on any atom is 0.322 e. The second kappa shape index (κ2) is 7.86. The minimum absolute atomic E-state index is 0.0975. The van der Waals surface area contributed by atoms with E-state index in [1.165, 1.54) is 0 Å². The van der Waals surface area contributed by atoms with Gasteiger partial charge in [0.25, 0.3) is 0 Å². The highest BCUT2D eigenvalue weighted by molar-refractivity contribution is 5.91. The van der Waals surface area contributed by atoms with Gasteiger partial charge in [-0.2, -0.15) is 5.10 Å². The molecule has 6 heteroatoms. The zero-order valence-corrected chi connectivity index (χ0v) is 16.1. The van der Waals surface area contributed by atoms with Crippen molar-refractivity contribution in [3.63, 3.8) is 0 Å². The highest BCUT2D eigenvalue weighted by atomic mass is 16.5. The molecule has 1 fully saturated rings. The van der Waals surface area contributed by atoms with E-state index in [4.69, 9.17) is 4.74 Å². The quantitative estimate of drug-likeness (QED) is 0.749. The van der Waals surface area contributed by atoms with E-state index in [2.05, 4.69) is 10.4 Å². The Morgan fingerprint density at radius 1 is 1.07 bits per heavy atom. The van der Waals surface area contributed by atoms with E-state index >= 15 is 0 Å². The first-order valence-corrected chi connectivity index (χ1v) is 9.47. The summed E-state index contributed by atoms with van der Waals surface area (Å²) in [7, 11) is 0. The third-order valence-corrected chi connectivity index (χ3v) is 5.10. The number of ether oxygens (including phenoxy) is 1. The van der Waals surface area contributed by atoms with Crippen molar-refractivity contribution in [3.8, 4) is 5.69 Å². The van der Waals surface area contributed by atoms with Crippen molar-refractivity contribution in [1.82, 2.24) is 14.7 Å². The molecule has 0 aliphatic carbocycles. The molecule has 2 aromatic carbocycles. The van der Waals surface area contributed by atoms with Crippen molar-refractivity contribution < 1.29 is 9.53 Å². The summed E-state index contributed by atoms with van der Waals surface area (Å²) in [5.41, 5.74) is 4.50. The molecule has 1 aromatic heterocycles. The monoisotopic (exact) mass is 376 g/mol. The van der Waals surface area contributed by atoms with Gasteiger partial charge >= 0.3 is 6.03 Å². The first-order valence-electron chi connectivity index (χ1n) is 9.47. The number of anilines is 1. The smallest absolute Gasteiger partial charge is 0.322 e. The van der Waals surface area contributed by atoms with Gasteiger partial charge in [-0.25, -0.2) is 9.48 Å². The van der Waals surface area contributed by atoms with Crippen LogP contribution in [0.3, 0.4) is 0 Å².